The summed E-state index contributed by atoms with van der Waals surface area (Å²) in [4.78, 5) is 11.5. The molecule has 0 spiro atoms. The Balaban J connectivity index is 2.06. The molecule has 2 nitrogen and oxygen atoms in total. The second-order valence-electron chi connectivity index (χ2n) is 3.58. The first-order valence-electron chi connectivity index (χ1n) is 4.62. The number of Topliss-reactive ketones (excluding diaryl/α,β-unsaturated/α-hetero) is 1. The van der Waals surface area contributed by atoms with Gasteiger partial charge >= 0.3 is 0 Å². The van der Waals surface area contributed by atoms with Gasteiger partial charge in [0.05, 0.1) is 6.10 Å². The zero-order valence-corrected chi connectivity index (χ0v) is 7.38. The number of allylic oxidation sites excluding steroid dienone is 1. The fourth-order valence-corrected chi connectivity index (χ4v) is 2.00. The van der Waals surface area contributed by atoms with Crippen molar-refractivity contribution in [3.8, 4) is 0 Å². The lowest BCUT2D eigenvalue weighted by Crippen LogP contribution is -2.30. The van der Waals surface area contributed by atoms with E-state index in [1.807, 2.05) is 19.1 Å². The smallest absolute Gasteiger partial charge is 0.167 e. The highest BCUT2D eigenvalue weighted by molar-refractivity contribution is 5.91. The van der Waals surface area contributed by atoms with Crippen molar-refractivity contribution in [3.05, 3.63) is 12.2 Å². The molecule has 1 heterocycles. The second-order valence-corrected chi connectivity index (χ2v) is 3.58. The molecule has 1 aliphatic carbocycles. The molecular weight excluding hydrogens is 152 g/mol. The number of fused-ring (bicyclic) bond motifs is 1. The molecule has 0 amide bonds. The molecule has 2 fully saturated rings. The lowest BCUT2D eigenvalue weighted by molar-refractivity contribution is -0.124. The highest BCUT2D eigenvalue weighted by Crippen LogP contribution is 2.47. The van der Waals surface area contributed by atoms with E-state index in [1.54, 1.807) is 0 Å². The van der Waals surface area contributed by atoms with Crippen molar-refractivity contribution in [3.63, 3.8) is 0 Å². The number of ketones is 1. The van der Waals surface area contributed by atoms with Gasteiger partial charge < -0.3 is 4.74 Å². The largest absolute Gasteiger partial charge is 0.357 e. The summed E-state index contributed by atoms with van der Waals surface area (Å²) >= 11 is 0. The first-order valence-corrected chi connectivity index (χ1v) is 4.62. The predicted molar refractivity (Wildman–Crippen MR) is 45.9 cm³/mol. The standard InChI is InChI=1S/C10H14O2/c1-2-3-7-10-8(11)5-4-6-9(10)12-10/h2-3,9H,4-7H2,1H3/b3-2+/t9-,10+/m0/s1. The number of carbonyl (C=O) groups is 1. The molecule has 2 atom stereocenters. The molecule has 1 saturated carbocycles. The van der Waals surface area contributed by atoms with Gasteiger partial charge in [0.2, 0.25) is 0 Å². The van der Waals surface area contributed by atoms with Crippen LogP contribution in [0.1, 0.15) is 32.6 Å². The van der Waals surface area contributed by atoms with E-state index < -0.39 is 0 Å². The maximum atomic E-state index is 11.5. The Labute approximate surface area is 72.6 Å². The van der Waals surface area contributed by atoms with E-state index in [0.717, 1.165) is 19.3 Å². The quantitative estimate of drug-likeness (QED) is 0.462. The van der Waals surface area contributed by atoms with Crippen LogP contribution in [0.2, 0.25) is 0 Å². The van der Waals surface area contributed by atoms with Gasteiger partial charge in [-0.2, -0.15) is 0 Å². The Hall–Kier alpha value is -0.630. The molecule has 0 aromatic carbocycles. The fourth-order valence-electron chi connectivity index (χ4n) is 2.00. The summed E-state index contributed by atoms with van der Waals surface area (Å²) in [6, 6.07) is 0. The van der Waals surface area contributed by atoms with Gasteiger partial charge in [-0.1, -0.05) is 12.2 Å². The number of rotatable bonds is 2. The van der Waals surface area contributed by atoms with Gasteiger partial charge in [0.25, 0.3) is 0 Å². The lowest BCUT2D eigenvalue weighted by atomic mass is 9.85. The summed E-state index contributed by atoms with van der Waals surface area (Å²) in [5.74, 6) is 0.317. The molecule has 12 heavy (non-hydrogen) atoms. The van der Waals surface area contributed by atoms with Gasteiger partial charge in [-0.3, -0.25) is 4.79 Å². The van der Waals surface area contributed by atoms with Crippen LogP contribution in [0.15, 0.2) is 12.2 Å². The third kappa shape index (κ3) is 1.02. The van der Waals surface area contributed by atoms with Crippen LogP contribution < -0.4 is 0 Å². The fraction of sp³-hybridized carbons (Fsp3) is 0.700. The van der Waals surface area contributed by atoms with Gasteiger partial charge in [-0.25, -0.2) is 0 Å². The highest BCUT2D eigenvalue weighted by Gasteiger charge is 2.61. The third-order valence-electron chi connectivity index (χ3n) is 2.81. The molecular formula is C10H14O2. The molecule has 1 aliphatic heterocycles. The summed E-state index contributed by atoms with van der Waals surface area (Å²) in [7, 11) is 0. The van der Waals surface area contributed by atoms with E-state index in [1.165, 1.54) is 0 Å². The third-order valence-corrected chi connectivity index (χ3v) is 2.81. The summed E-state index contributed by atoms with van der Waals surface area (Å²) in [5.41, 5.74) is -0.370. The number of hydrogen-bond donors (Lipinski definition) is 0. The zero-order valence-electron chi connectivity index (χ0n) is 7.38. The summed E-state index contributed by atoms with van der Waals surface area (Å²) in [6.45, 7) is 1.97. The van der Waals surface area contributed by atoms with E-state index in [0.29, 0.717) is 12.2 Å². The van der Waals surface area contributed by atoms with E-state index in [2.05, 4.69) is 0 Å². The maximum Gasteiger partial charge on any atom is 0.167 e. The number of ether oxygens (including phenoxy) is 1. The SMILES string of the molecule is C/C=C/C[C@]12O[C@H]1CCCC2=O. The van der Waals surface area contributed by atoms with Crippen LogP contribution >= 0.6 is 0 Å². The van der Waals surface area contributed by atoms with Gasteiger partial charge in [-0.15, -0.1) is 0 Å². The van der Waals surface area contributed by atoms with Gasteiger partial charge in [0, 0.05) is 12.8 Å². The van der Waals surface area contributed by atoms with E-state index >= 15 is 0 Å². The Morgan fingerprint density at radius 3 is 3.25 bits per heavy atom. The Bertz CT molecular complexity index is 232. The maximum absolute atomic E-state index is 11.5. The van der Waals surface area contributed by atoms with Crippen molar-refractivity contribution < 1.29 is 9.53 Å². The van der Waals surface area contributed by atoms with E-state index in [4.69, 9.17) is 4.74 Å². The molecule has 0 bridgehead atoms. The molecule has 66 valence electrons. The van der Waals surface area contributed by atoms with Crippen molar-refractivity contribution in [2.45, 2.75) is 44.3 Å². The molecule has 1 saturated heterocycles. The van der Waals surface area contributed by atoms with Gasteiger partial charge in [-0.05, 0) is 19.8 Å². The molecule has 0 radical (unpaired) electrons. The normalized spacial score (nSPS) is 40.1. The molecule has 0 N–H and O–H groups in total. The molecule has 0 aromatic rings. The Morgan fingerprint density at radius 1 is 1.75 bits per heavy atom. The Morgan fingerprint density at radius 2 is 2.58 bits per heavy atom. The minimum atomic E-state index is -0.370. The molecule has 2 heteroatoms. The van der Waals surface area contributed by atoms with Crippen LogP contribution in [0.3, 0.4) is 0 Å². The van der Waals surface area contributed by atoms with Crippen LogP contribution in [0.5, 0.6) is 0 Å². The van der Waals surface area contributed by atoms with Crippen molar-refractivity contribution >= 4 is 5.78 Å². The van der Waals surface area contributed by atoms with Crippen molar-refractivity contribution in [2.24, 2.45) is 0 Å². The van der Waals surface area contributed by atoms with Crippen molar-refractivity contribution in [1.29, 1.82) is 0 Å². The lowest BCUT2D eigenvalue weighted by Gasteiger charge is -2.13. The van der Waals surface area contributed by atoms with Crippen LogP contribution in [0, 0.1) is 0 Å². The van der Waals surface area contributed by atoms with E-state index in [-0.39, 0.29) is 11.7 Å². The first-order chi connectivity index (χ1) is 5.79. The molecule has 2 aliphatic rings. The average Bonchev–Trinajstić information content (AvgIpc) is 2.78. The zero-order chi connectivity index (χ0) is 8.60. The second kappa shape index (κ2) is 2.70. The molecule has 2 rings (SSSR count). The highest BCUT2D eigenvalue weighted by atomic mass is 16.6. The Kier molecular flexibility index (Phi) is 1.80. The average molecular weight is 166 g/mol. The summed E-state index contributed by atoms with van der Waals surface area (Å²) in [5, 5.41) is 0. The predicted octanol–water partition coefficient (Wildman–Crippen LogP) is 1.84. The van der Waals surface area contributed by atoms with Crippen LogP contribution in [0.4, 0.5) is 0 Å². The minimum Gasteiger partial charge on any atom is -0.357 e. The van der Waals surface area contributed by atoms with Crippen molar-refractivity contribution in [2.75, 3.05) is 0 Å². The van der Waals surface area contributed by atoms with Crippen molar-refractivity contribution in [1.82, 2.24) is 0 Å². The molecule has 0 unspecified atom stereocenters. The number of hydrogen-bond acceptors (Lipinski definition) is 2. The number of epoxide rings is 1. The van der Waals surface area contributed by atoms with E-state index in [9.17, 15) is 4.79 Å². The molecule has 0 aromatic heterocycles. The van der Waals surface area contributed by atoms with Gasteiger partial charge in [0.15, 0.2) is 11.4 Å². The van der Waals surface area contributed by atoms with Crippen LogP contribution in [0.25, 0.3) is 0 Å². The monoisotopic (exact) mass is 166 g/mol. The number of carbonyl (C=O) groups excluding carboxylic acids is 1. The summed E-state index contributed by atoms with van der Waals surface area (Å²) < 4.78 is 5.48. The van der Waals surface area contributed by atoms with Crippen LogP contribution in [-0.4, -0.2) is 17.5 Å². The topological polar surface area (TPSA) is 29.6 Å². The summed E-state index contributed by atoms with van der Waals surface area (Å²) in [6.07, 6.45) is 7.85. The first kappa shape index (κ1) is 7.99. The van der Waals surface area contributed by atoms with Gasteiger partial charge in [0.1, 0.15) is 0 Å². The minimum absolute atomic E-state index is 0.245. The van der Waals surface area contributed by atoms with Crippen LogP contribution in [-0.2, 0) is 9.53 Å².